The minimum atomic E-state index is -0.103. The van der Waals surface area contributed by atoms with Crippen molar-refractivity contribution < 1.29 is 14.3 Å². The number of hydrogen-bond acceptors (Lipinski definition) is 4. The number of imide groups is 1. The van der Waals surface area contributed by atoms with Gasteiger partial charge in [0.15, 0.2) is 0 Å². The summed E-state index contributed by atoms with van der Waals surface area (Å²) in [4.78, 5) is 25.3. The van der Waals surface area contributed by atoms with E-state index in [-0.39, 0.29) is 29.1 Å². The van der Waals surface area contributed by atoms with Gasteiger partial charge >= 0.3 is 0 Å². The highest BCUT2D eigenvalue weighted by Crippen LogP contribution is 2.63. The van der Waals surface area contributed by atoms with Gasteiger partial charge in [-0.3, -0.25) is 14.5 Å². The maximum absolute atomic E-state index is 11.9. The van der Waals surface area contributed by atoms with E-state index in [1.165, 1.54) is 4.90 Å². The van der Waals surface area contributed by atoms with Gasteiger partial charge in [0.25, 0.3) is 0 Å². The van der Waals surface area contributed by atoms with Crippen LogP contribution in [-0.2, 0) is 14.3 Å². The van der Waals surface area contributed by atoms with Crippen molar-refractivity contribution in [1.29, 1.82) is 0 Å². The molecular formula is C12H20N2O3. The van der Waals surface area contributed by atoms with Crippen LogP contribution in [0.2, 0.25) is 0 Å². The zero-order valence-corrected chi connectivity index (χ0v) is 10.7. The van der Waals surface area contributed by atoms with Crippen LogP contribution >= 0.6 is 0 Å². The first kappa shape index (κ1) is 12.5. The van der Waals surface area contributed by atoms with Crippen molar-refractivity contribution in [3.8, 4) is 0 Å². The number of rotatable bonds is 6. The Balaban J connectivity index is 1.77. The van der Waals surface area contributed by atoms with Crippen LogP contribution in [0.1, 0.15) is 13.8 Å². The number of nitrogens with zero attached hydrogens (tertiary/aromatic N) is 1. The molecule has 0 radical (unpaired) electrons. The molecule has 2 rings (SSSR count). The fourth-order valence-electron chi connectivity index (χ4n) is 2.71. The third-order valence-electron chi connectivity index (χ3n) is 3.89. The lowest BCUT2D eigenvalue weighted by Crippen LogP contribution is -2.41. The van der Waals surface area contributed by atoms with E-state index in [0.717, 1.165) is 6.54 Å². The summed E-state index contributed by atoms with van der Waals surface area (Å²) in [7, 11) is 1.64. The molecule has 5 nitrogen and oxygen atoms in total. The predicted octanol–water partition coefficient (Wildman–Crippen LogP) is -0.137. The van der Waals surface area contributed by atoms with E-state index in [2.05, 4.69) is 5.32 Å². The molecule has 5 heteroatoms. The maximum atomic E-state index is 11.9. The fourth-order valence-corrected chi connectivity index (χ4v) is 2.71. The maximum Gasteiger partial charge on any atom is 0.233 e. The number of carbonyl (C=O) groups is 2. The summed E-state index contributed by atoms with van der Waals surface area (Å²) in [6.07, 6.45) is 0. The molecule has 1 saturated heterocycles. The lowest BCUT2D eigenvalue weighted by atomic mass is 10.1. The Morgan fingerprint density at radius 3 is 2.35 bits per heavy atom. The van der Waals surface area contributed by atoms with Crippen molar-refractivity contribution in [2.75, 3.05) is 33.4 Å². The quantitative estimate of drug-likeness (QED) is 0.519. The molecule has 2 aliphatic rings. The average molecular weight is 240 g/mol. The molecule has 0 aromatic carbocycles. The van der Waals surface area contributed by atoms with Crippen LogP contribution in [0.15, 0.2) is 0 Å². The summed E-state index contributed by atoms with van der Waals surface area (Å²) in [5, 5.41) is 3.13. The van der Waals surface area contributed by atoms with E-state index in [4.69, 9.17) is 4.74 Å². The highest BCUT2D eigenvalue weighted by atomic mass is 16.5. The van der Waals surface area contributed by atoms with Gasteiger partial charge in [0.05, 0.1) is 18.4 Å². The van der Waals surface area contributed by atoms with Gasteiger partial charge in [-0.2, -0.15) is 0 Å². The number of amides is 2. The first-order valence-corrected chi connectivity index (χ1v) is 6.06. The summed E-state index contributed by atoms with van der Waals surface area (Å²) in [6, 6.07) is 0. The number of likely N-dealkylation sites (tertiary alicyclic amines) is 1. The standard InChI is InChI=1S/C12H20N2O3/c1-12(2)8-9(12)11(16)14(10(8)15)6-4-13-5-7-17-3/h8-9,13H,4-7H2,1-3H3. The lowest BCUT2D eigenvalue weighted by molar-refractivity contribution is -0.142. The minimum absolute atomic E-state index is 0.0125. The molecule has 1 aliphatic carbocycles. The molecule has 1 heterocycles. The Morgan fingerprint density at radius 1 is 1.24 bits per heavy atom. The number of fused-ring (bicyclic) bond motifs is 1. The molecule has 2 unspecified atom stereocenters. The summed E-state index contributed by atoms with van der Waals surface area (Å²) in [5.74, 6) is -0.0972. The molecule has 1 saturated carbocycles. The van der Waals surface area contributed by atoms with Crippen molar-refractivity contribution in [1.82, 2.24) is 10.2 Å². The molecule has 1 N–H and O–H groups in total. The van der Waals surface area contributed by atoms with Gasteiger partial charge in [-0.15, -0.1) is 0 Å². The van der Waals surface area contributed by atoms with Crippen molar-refractivity contribution in [3.05, 3.63) is 0 Å². The van der Waals surface area contributed by atoms with Gasteiger partial charge in [-0.05, 0) is 5.41 Å². The molecule has 2 amide bonds. The Hall–Kier alpha value is -0.940. The Bertz CT molecular complexity index is 317. The minimum Gasteiger partial charge on any atom is -0.383 e. The van der Waals surface area contributed by atoms with Gasteiger partial charge in [-0.1, -0.05) is 13.8 Å². The first-order chi connectivity index (χ1) is 8.01. The number of methoxy groups -OCH3 is 1. The summed E-state index contributed by atoms with van der Waals surface area (Å²) in [5.41, 5.74) is -0.103. The van der Waals surface area contributed by atoms with Crippen LogP contribution in [0.3, 0.4) is 0 Å². The van der Waals surface area contributed by atoms with Crippen LogP contribution in [0.5, 0.6) is 0 Å². The normalized spacial score (nSPS) is 29.7. The molecule has 96 valence electrons. The van der Waals surface area contributed by atoms with E-state index >= 15 is 0 Å². The van der Waals surface area contributed by atoms with Crippen LogP contribution in [0.4, 0.5) is 0 Å². The highest BCUT2D eigenvalue weighted by molar-refractivity contribution is 6.10. The molecular weight excluding hydrogens is 220 g/mol. The highest BCUT2D eigenvalue weighted by Gasteiger charge is 2.72. The second kappa shape index (κ2) is 4.38. The second-order valence-electron chi connectivity index (χ2n) is 5.35. The van der Waals surface area contributed by atoms with Crippen LogP contribution < -0.4 is 5.32 Å². The Labute approximate surface area is 101 Å². The smallest absolute Gasteiger partial charge is 0.233 e. The van der Waals surface area contributed by atoms with Crippen molar-refractivity contribution in [3.63, 3.8) is 0 Å². The summed E-state index contributed by atoms with van der Waals surface area (Å²) in [6.45, 7) is 6.48. The number of nitrogens with one attached hydrogen (secondary N) is 1. The van der Waals surface area contributed by atoms with E-state index in [9.17, 15) is 9.59 Å². The lowest BCUT2D eigenvalue weighted by Gasteiger charge is -2.20. The topological polar surface area (TPSA) is 58.6 Å². The molecule has 2 fully saturated rings. The van der Waals surface area contributed by atoms with E-state index in [0.29, 0.717) is 19.7 Å². The predicted molar refractivity (Wildman–Crippen MR) is 62.2 cm³/mol. The molecule has 0 spiro atoms. The average Bonchev–Trinajstić information content (AvgIpc) is 2.74. The van der Waals surface area contributed by atoms with E-state index in [1.807, 2.05) is 13.8 Å². The monoisotopic (exact) mass is 240 g/mol. The summed E-state index contributed by atoms with van der Waals surface area (Å²) >= 11 is 0. The SMILES string of the molecule is COCCNCCN1C(=O)C2C(C1=O)C2(C)C. The van der Waals surface area contributed by atoms with Gasteiger partial charge in [0.2, 0.25) is 11.8 Å². The number of ether oxygens (including phenoxy) is 1. The van der Waals surface area contributed by atoms with Gasteiger partial charge in [0, 0.05) is 26.7 Å². The van der Waals surface area contributed by atoms with Gasteiger partial charge < -0.3 is 10.1 Å². The first-order valence-electron chi connectivity index (χ1n) is 6.06. The van der Waals surface area contributed by atoms with Gasteiger partial charge in [-0.25, -0.2) is 0 Å². The number of hydrogen-bond donors (Lipinski definition) is 1. The second-order valence-corrected chi connectivity index (χ2v) is 5.35. The molecule has 0 aromatic heterocycles. The summed E-state index contributed by atoms with van der Waals surface area (Å²) < 4.78 is 4.90. The number of carbonyl (C=O) groups excluding carboxylic acids is 2. The third kappa shape index (κ3) is 1.98. The van der Waals surface area contributed by atoms with Crippen LogP contribution in [0.25, 0.3) is 0 Å². The Morgan fingerprint density at radius 2 is 1.82 bits per heavy atom. The number of piperidine rings is 1. The molecule has 0 bridgehead atoms. The van der Waals surface area contributed by atoms with Crippen LogP contribution in [-0.4, -0.2) is 50.1 Å². The Kier molecular flexibility index (Phi) is 3.23. The fraction of sp³-hybridized carbons (Fsp3) is 0.833. The van der Waals surface area contributed by atoms with E-state index < -0.39 is 0 Å². The molecule has 0 aromatic rings. The zero-order valence-electron chi connectivity index (χ0n) is 10.7. The largest absolute Gasteiger partial charge is 0.383 e. The molecule has 1 aliphatic heterocycles. The van der Waals surface area contributed by atoms with Crippen LogP contribution in [0, 0.1) is 17.3 Å². The molecule has 2 atom stereocenters. The van der Waals surface area contributed by atoms with Crippen molar-refractivity contribution in [2.24, 2.45) is 17.3 Å². The third-order valence-corrected chi connectivity index (χ3v) is 3.89. The van der Waals surface area contributed by atoms with Crippen molar-refractivity contribution >= 4 is 11.8 Å². The van der Waals surface area contributed by atoms with E-state index in [1.54, 1.807) is 7.11 Å². The van der Waals surface area contributed by atoms with Gasteiger partial charge in [0.1, 0.15) is 0 Å². The zero-order chi connectivity index (χ0) is 12.6. The van der Waals surface area contributed by atoms with Crippen molar-refractivity contribution in [2.45, 2.75) is 13.8 Å². The molecule has 17 heavy (non-hydrogen) atoms.